The fourth-order valence-corrected chi connectivity index (χ4v) is 2.35. The summed E-state index contributed by atoms with van der Waals surface area (Å²) in [5.41, 5.74) is 0.348. The van der Waals surface area contributed by atoms with Gasteiger partial charge in [-0.3, -0.25) is 10.2 Å². The zero-order chi connectivity index (χ0) is 18.4. The fourth-order valence-electron chi connectivity index (χ4n) is 2.35. The molecule has 0 aliphatic carbocycles. The van der Waals surface area contributed by atoms with Gasteiger partial charge in [-0.1, -0.05) is 30.3 Å². The van der Waals surface area contributed by atoms with Crippen LogP contribution in [0.5, 0.6) is 0 Å². The Hall–Kier alpha value is -2.99. The van der Waals surface area contributed by atoms with Crippen molar-refractivity contribution < 1.29 is 19.4 Å². The van der Waals surface area contributed by atoms with Gasteiger partial charge in [0.15, 0.2) is 0 Å². The molecule has 5 nitrogen and oxygen atoms in total. The zero-order valence-corrected chi connectivity index (χ0v) is 13.7. The summed E-state index contributed by atoms with van der Waals surface area (Å²) in [4.78, 5) is 12.1. The van der Waals surface area contributed by atoms with Crippen molar-refractivity contribution in [1.29, 1.82) is 5.41 Å². The molecule has 0 heterocycles. The summed E-state index contributed by atoms with van der Waals surface area (Å²) in [6.45, 7) is 0. The molecule has 1 amide bonds. The van der Waals surface area contributed by atoms with Gasteiger partial charge in [-0.25, -0.2) is 4.39 Å². The van der Waals surface area contributed by atoms with Crippen molar-refractivity contribution in [2.24, 2.45) is 0 Å². The van der Waals surface area contributed by atoms with Gasteiger partial charge in [0, 0.05) is 19.0 Å². The molecule has 6 heteroatoms. The largest absolute Gasteiger partial charge is 0.511 e. The number of likely N-dealkylation sites (N-methyl/N-ethyl adjacent to an activating group) is 1. The van der Waals surface area contributed by atoms with E-state index in [0.29, 0.717) is 5.56 Å². The van der Waals surface area contributed by atoms with Crippen molar-refractivity contribution in [2.45, 2.75) is 12.5 Å². The molecule has 0 aliphatic rings. The molecule has 0 aromatic heterocycles. The molecule has 1 unspecified atom stereocenters. The number of carbonyl (C=O) groups is 1. The Labute approximate surface area is 145 Å². The molecule has 4 N–H and O–H groups in total. The first-order valence-corrected chi connectivity index (χ1v) is 7.66. The molecule has 0 aliphatic heterocycles. The monoisotopic (exact) mass is 342 g/mol. The van der Waals surface area contributed by atoms with Crippen LogP contribution in [0.1, 0.15) is 23.7 Å². The molecule has 0 saturated heterocycles. The molecular weight excluding hydrogens is 323 g/mol. The maximum absolute atomic E-state index is 13.0. The molecule has 2 aromatic carbocycles. The molecule has 2 rings (SSSR count). The predicted octanol–water partition coefficient (Wildman–Crippen LogP) is 2.88. The van der Waals surface area contributed by atoms with E-state index >= 15 is 0 Å². The number of benzene rings is 2. The molecular formula is C19H19FN2O3. The Morgan fingerprint density at radius 1 is 1.16 bits per heavy atom. The first-order chi connectivity index (χ1) is 11.9. The number of rotatable bonds is 6. The second-order valence-corrected chi connectivity index (χ2v) is 5.41. The molecule has 0 saturated carbocycles. The number of hydrogen-bond donors (Lipinski definition) is 4. The van der Waals surface area contributed by atoms with Crippen molar-refractivity contribution in [3.05, 3.63) is 82.9 Å². The first-order valence-electron chi connectivity index (χ1n) is 7.66. The zero-order valence-electron chi connectivity index (χ0n) is 13.7. The molecule has 0 radical (unpaired) electrons. The minimum atomic E-state index is -1.03. The molecule has 0 fully saturated rings. The standard InChI is InChI=1S/C19H19FN2O3/c1-22-19(25)17(18(21)13-7-9-14(20)10-8-13)16(24)11-15(23)12-5-3-2-4-6-12/h2-10,15,21,23-24H,11H2,1H3,(H,22,25). The van der Waals surface area contributed by atoms with Crippen LogP contribution in [0.25, 0.3) is 0 Å². The summed E-state index contributed by atoms with van der Waals surface area (Å²) >= 11 is 0. The lowest BCUT2D eigenvalue weighted by molar-refractivity contribution is -0.116. The Bertz CT molecular complexity index is 786. The highest BCUT2D eigenvalue weighted by Crippen LogP contribution is 2.23. The third kappa shape index (κ3) is 4.51. The lowest BCUT2D eigenvalue weighted by Gasteiger charge is -2.15. The van der Waals surface area contributed by atoms with Gasteiger partial charge < -0.3 is 15.5 Å². The normalized spacial score (nSPS) is 12.9. The van der Waals surface area contributed by atoms with Gasteiger partial charge in [0.25, 0.3) is 5.91 Å². The third-order valence-electron chi connectivity index (χ3n) is 3.70. The van der Waals surface area contributed by atoms with E-state index < -0.39 is 23.6 Å². The van der Waals surface area contributed by atoms with E-state index in [2.05, 4.69) is 5.32 Å². The van der Waals surface area contributed by atoms with E-state index in [-0.39, 0.29) is 23.3 Å². The molecule has 0 bridgehead atoms. The molecule has 130 valence electrons. The number of amides is 1. The smallest absolute Gasteiger partial charge is 0.256 e. The average Bonchev–Trinajstić information content (AvgIpc) is 2.62. The summed E-state index contributed by atoms with van der Waals surface area (Å²) < 4.78 is 13.0. The highest BCUT2D eigenvalue weighted by Gasteiger charge is 2.22. The van der Waals surface area contributed by atoms with Crippen molar-refractivity contribution in [3.8, 4) is 0 Å². The van der Waals surface area contributed by atoms with Crippen molar-refractivity contribution in [3.63, 3.8) is 0 Å². The Morgan fingerprint density at radius 3 is 2.32 bits per heavy atom. The number of halogens is 1. The highest BCUT2D eigenvalue weighted by molar-refractivity contribution is 6.27. The van der Waals surface area contributed by atoms with Gasteiger partial charge >= 0.3 is 0 Å². The fraction of sp³-hybridized carbons (Fsp3) is 0.158. The number of nitrogens with one attached hydrogen (secondary N) is 2. The lowest BCUT2D eigenvalue weighted by atomic mass is 9.97. The van der Waals surface area contributed by atoms with E-state index in [4.69, 9.17) is 5.41 Å². The third-order valence-corrected chi connectivity index (χ3v) is 3.70. The molecule has 2 aromatic rings. The van der Waals surface area contributed by atoms with E-state index in [9.17, 15) is 19.4 Å². The van der Waals surface area contributed by atoms with Gasteiger partial charge in [0.2, 0.25) is 0 Å². The summed E-state index contributed by atoms with van der Waals surface area (Å²) in [7, 11) is 1.38. The van der Waals surface area contributed by atoms with E-state index in [1.807, 2.05) is 0 Å². The average molecular weight is 342 g/mol. The van der Waals surface area contributed by atoms with Gasteiger partial charge in [-0.2, -0.15) is 0 Å². The Morgan fingerprint density at radius 2 is 1.76 bits per heavy atom. The maximum atomic E-state index is 13.0. The first kappa shape index (κ1) is 18.4. The van der Waals surface area contributed by atoms with Crippen LogP contribution >= 0.6 is 0 Å². The second-order valence-electron chi connectivity index (χ2n) is 5.41. The van der Waals surface area contributed by atoms with Crippen molar-refractivity contribution in [1.82, 2.24) is 5.32 Å². The summed E-state index contributed by atoms with van der Waals surface area (Å²) in [6, 6.07) is 13.7. The van der Waals surface area contributed by atoms with Crippen LogP contribution in [0.2, 0.25) is 0 Å². The predicted molar refractivity (Wildman–Crippen MR) is 93.0 cm³/mol. The quantitative estimate of drug-likeness (QED) is 0.369. The van der Waals surface area contributed by atoms with Gasteiger partial charge in [-0.15, -0.1) is 0 Å². The second kappa shape index (κ2) is 8.21. The van der Waals surface area contributed by atoms with Crippen LogP contribution in [-0.4, -0.2) is 28.9 Å². The van der Waals surface area contributed by atoms with Crippen LogP contribution in [-0.2, 0) is 4.79 Å². The minimum Gasteiger partial charge on any atom is -0.511 e. The van der Waals surface area contributed by atoms with Gasteiger partial charge in [0.1, 0.15) is 17.1 Å². The lowest BCUT2D eigenvalue weighted by Crippen LogP contribution is -2.27. The van der Waals surface area contributed by atoms with Crippen LogP contribution in [0.15, 0.2) is 65.9 Å². The van der Waals surface area contributed by atoms with Crippen molar-refractivity contribution >= 4 is 11.6 Å². The summed E-state index contributed by atoms with van der Waals surface area (Å²) in [5.74, 6) is -1.54. The van der Waals surface area contributed by atoms with Crippen molar-refractivity contribution in [2.75, 3.05) is 7.05 Å². The SMILES string of the molecule is CNC(=O)C(C(=N)c1ccc(F)cc1)=C(O)CC(O)c1ccccc1. The Balaban J connectivity index is 2.34. The summed E-state index contributed by atoms with van der Waals surface area (Å²) in [5, 5.41) is 31.2. The molecule has 1 atom stereocenters. The van der Waals surface area contributed by atoms with Crippen LogP contribution in [0.3, 0.4) is 0 Å². The topological polar surface area (TPSA) is 93.4 Å². The number of hydrogen-bond acceptors (Lipinski definition) is 4. The van der Waals surface area contributed by atoms with Gasteiger partial charge in [0.05, 0.1) is 11.8 Å². The number of aliphatic hydroxyl groups excluding tert-OH is 2. The Kier molecular flexibility index (Phi) is 6.03. The maximum Gasteiger partial charge on any atom is 0.256 e. The van der Waals surface area contributed by atoms with Crippen LogP contribution in [0, 0.1) is 11.2 Å². The minimum absolute atomic E-state index is 0.226. The number of carbonyl (C=O) groups excluding carboxylic acids is 1. The highest BCUT2D eigenvalue weighted by atomic mass is 19.1. The number of aliphatic hydroxyl groups is 2. The van der Waals surface area contributed by atoms with E-state index in [1.54, 1.807) is 30.3 Å². The molecule has 0 spiro atoms. The van der Waals surface area contributed by atoms with E-state index in [0.717, 1.165) is 0 Å². The van der Waals surface area contributed by atoms with Gasteiger partial charge in [-0.05, 0) is 29.8 Å². The van der Waals surface area contributed by atoms with Crippen LogP contribution in [0.4, 0.5) is 4.39 Å². The summed E-state index contributed by atoms with van der Waals surface area (Å²) in [6.07, 6.45) is -1.25. The van der Waals surface area contributed by atoms with Crippen LogP contribution < -0.4 is 5.32 Å². The molecule has 25 heavy (non-hydrogen) atoms. The van der Waals surface area contributed by atoms with E-state index in [1.165, 1.54) is 31.3 Å².